The molecule has 0 atom stereocenters. The number of likely N-dealkylation sites (N-methyl/N-ethyl adjacent to an activating group) is 1. The molecule has 1 rings (SSSR count). The molecule has 0 radical (unpaired) electrons. The molecule has 0 bridgehead atoms. The molecule has 18 heavy (non-hydrogen) atoms. The molecule has 1 heterocycles. The fourth-order valence-electron chi connectivity index (χ4n) is 1.96. The SMILES string of the molecule is CCN1CCN(CCCNC(C)(C)C)C(=O)C1=O. The molecule has 2 amide bonds. The predicted octanol–water partition coefficient (Wildman–Crippen LogP) is 0.455. The zero-order valence-corrected chi connectivity index (χ0v) is 12.0. The molecule has 0 aromatic heterocycles. The van der Waals surface area contributed by atoms with Crippen LogP contribution < -0.4 is 5.32 Å². The summed E-state index contributed by atoms with van der Waals surface area (Å²) in [6.45, 7) is 11.7. The Bertz CT molecular complexity index is 310. The van der Waals surface area contributed by atoms with E-state index in [1.807, 2.05) is 6.92 Å². The second-order valence-corrected chi connectivity index (χ2v) is 5.71. The first kappa shape index (κ1) is 15.0. The standard InChI is InChI=1S/C13H25N3O2/c1-5-15-9-10-16(12(18)11(15)17)8-6-7-14-13(2,3)4/h14H,5-10H2,1-4H3. The summed E-state index contributed by atoms with van der Waals surface area (Å²) in [5, 5.41) is 3.37. The third-order valence-corrected chi connectivity index (χ3v) is 3.04. The van der Waals surface area contributed by atoms with Gasteiger partial charge in [0.25, 0.3) is 0 Å². The molecule has 0 unspecified atom stereocenters. The Kier molecular flexibility index (Phi) is 5.14. The first-order chi connectivity index (χ1) is 8.35. The van der Waals surface area contributed by atoms with Crippen molar-refractivity contribution in [2.45, 2.75) is 39.7 Å². The zero-order valence-electron chi connectivity index (χ0n) is 12.0. The summed E-state index contributed by atoms with van der Waals surface area (Å²) >= 11 is 0. The Morgan fingerprint density at radius 3 is 2.22 bits per heavy atom. The molecule has 0 aromatic carbocycles. The van der Waals surface area contributed by atoms with Crippen molar-refractivity contribution in [3.8, 4) is 0 Å². The van der Waals surface area contributed by atoms with Crippen molar-refractivity contribution < 1.29 is 9.59 Å². The summed E-state index contributed by atoms with van der Waals surface area (Å²) < 4.78 is 0. The number of carbonyl (C=O) groups excluding carboxylic acids is 2. The van der Waals surface area contributed by atoms with Gasteiger partial charge in [-0.05, 0) is 40.7 Å². The Labute approximate surface area is 110 Å². The molecule has 0 saturated carbocycles. The lowest BCUT2D eigenvalue weighted by Crippen LogP contribution is -2.54. The van der Waals surface area contributed by atoms with Crippen LogP contribution in [-0.2, 0) is 9.59 Å². The van der Waals surface area contributed by atoms with Crippen molar-refractivity contribution in [1.29, 1.82) is 0 Å². The van der Waals surface area contributed by atoms with Crippen LogP contribution in [0.2, 0.25) is 0 Å². The highest BCUT2D eigenvalue weighted by Gasteiger charge is 2.30. The maximum Gasteiger partial charge on any atom is 0.312 e. The van der Waals surface area contributed by atoms with Gasteiger partial charge in [-0.2, -0.15) is 0 Å². The molecule has 0 aliphatic carbocycles. The lowest BCUT2D eigenvalue weighted by atomic mass is 10.1. The minimum atomic E-state index is -0.354. The van der Waals surface area contributed by atoms with Crippen molar-refractivity contribution >= 4 is 11.8 Å². The van der Waals surface area contributed by atoms with Crippen LogP contribution in [0.1, 0.15) is 34.1 Å². The normalized spacial score (nSPS) is 17.6. The lowest BCUT2D eigenvalue weighted by Gasteiger charge is -2.33. The largest absolute Gasteiger partial charge is 0.333 e. The van der Waals surface area contributed by atoms with Crippen LogP contribution in [-0.4, -0.2) is 59.9 Å². The number of piperazine rings is 1. The van der Waals surface area contributed by atoms with Gasteiger partial charge in [-0.1, -0.05) is 0 Å². The van der Waals surface area contributed by atoms with Crippen LogP contribution in [0.4, 0.5) is 0 Å². The Hall–Kier alpha value is -1.10. The van der Waals surface area contributed by atoms with Gasteiger partial charge in [-0.15, -0.1) is 0 Å². The Balaban J connectivity index is 2.32. The summed E-state index contributed by atoms with van der Waals surface area (Å²) in [6.07, 6.45) is 0.877. The third kappa shape index (κ3) is 4.29. The highest BCUT2D eigenvalue weighted by atomic mass is 16.2. The van der Waals surface area contributed by atoms with Crippen molar-refractivity contribution in [3.05, 3.63) is 0 Å². The second kappa shape index (κ2) is 6.18. The number of carbonyl (C=O) groups is 2. The van der Waals surface area contributed by atoms with Gasteiger partial charge in [0, 0.05) is 31.7 Å². The quantitative estimate of drug-likeness (QED) is 0.573. The zero-order chi connectivity index (χ0) is 13.8. The van der Waals surface area contributed by atoms with Crippen molar-refractivity contribution in [2.24, 2.45) is 0 Å². The molecule has 5 heteroatoms. The molecular weight excluding hydrogens is 230 g/mol. The molecule has 1 N–H and O–H groups in total. The molecule has 0 spiro atoms. The molecule has 104 valence electrons. The van der Waals surface area contributed by atoms with Gasteiger partial charge in [0.15, 0.2) is 0 Å². The van der Waals surface area contributed by atoms with Crippen molar-refractivity contribution in [2.75, 3.05) is 32.7 Å². The van der Waals surface area contributed by atoms with E-state index in [9.17, 15) is 9.59 Å². The summed E-state index contributed by atoms with van der Waals surface area (Å²) in [5.41, 5.74) is 0.0980. The average Bonchev–Trinajstić information content (AvgIpc) is 2.28. The fourth-order valence-corrected chi connectivity index (χ4v) is 1.96. The summed E-state index contributed by atoms with van der Waals surface area (Å²) in [5.74, 6) is -0.702. The van der Waals surface area contributed by atoms with Gasteiger partial charge >= 0.3 is 11.8 Å². The van der Waals surface area contributed by atoms with E-state index >= 15 is 0 Å². The Morgan fingerprint density at radius 2 is 1.67 bits per heavy atom. The molecule has 1 aliphatic rings. The van der Waals surface area contributed by atoms with Crippen molar-refractivity contribution in [1.82, 2.24) is 15.1 Å². The summed E-state index contributed by atoms with van der Waals surface area (Å²) in [4.78, 5) is 26.7. The predicted molar refractivity (Wildman–Crippen MR) is 71.2 cm³/mol. The lowest BCUT2D eigenvalue weighted by molar-refractivity contribution is -0.155. The van der Waals surface area contributed by atoms with E-state index < -0.39 is 0 Å². The number of hydrogen-bond donors (Lipinski definition) is 1. The van der Waals surface area contributed by atoms with E-state index in [-0.39, 0.29) is 17.4 Å². The van der Waals surface area contributed by atoms with E-state index in [4.69, 9.17) is 0 Å². The molecular formula is C13H25N3O2. The van der Waals surface area contributed by atoms with Crippen LogP contribution in [0.5, 0.6) is 0 Å². The Morgan fingerprint density at radius 1 is 1.11 bits per heavy atom. The van der Waals surface area contributed by atoms with E-state index in [1.54, 1.807) is 9.80 Å². The van der Waals surface area contributed by atoms with Crippen LogP contribution in [0.25, 0.3) is 0 Å². The van der Waals surface area contributed by atoms with E-state index in [2.05, 4.69) is 26.1 Å². The minimum absolute atomic E-state index is 0.0980. The fraction of sp³-hybridized carbons (Fsp3) is 0.846. The molecule has 0 aromatic rings. The van der Waals surface area contributed by atoms with Gasteiger partial charge in [-0.25, -0.2) is 0 Å². The maximum absolute atomic E-state index is 11.8. The molecule has 1 fully saturated rings. The average molecular weight is 255 g/mol. The number of hydrogen-bond acceptors (Lipinski definition) is 3. The second-order valence-electron chi connectivity index (χ2n) is 5.71. The van der Waals surface area contributed by atoms with Gasteiger partial charge in [0.1, 0.15) is 0 Å². The molecule has 1 aliphatic heterocycles. The molecule has 1 saturated heterocycles. The van der Waals surface area contributed by atoms with Gasteiger partial charge < -0.3 is 15.1 Å². The molecule has 5 nitrogen and oxygen atoms in total. The van der Waals surface area contributed by atoms with Crippen LogP contribution in [0, 0.1) is 0 Å². The highest BCUT2D eigenvalue weighted by molar-refractivity contribution is 6.35. The number of nitrogens with one attached hydrogen (secondary N) is 1. The van der Waals surface area contributed by atoms with E-state index in [1.165, 1.54) is 0 Å². The highest BCUT2D eigenvalue weighted by Crippen LogP contribution is 2.05. The number of amides is 2. The van der Waals surface area contributed by atoms with Gasteiger partial charge in [-0.3, -0.25) is 9.59 Å². The van der Waals surface area contributed by atoms with Crippen LogP contribution >= 0.6 is 0 Å². The number of nitrogens with zero attached hydrogens (tertiary/aromatic N) is 2. The van der Waals surface area contributed by atoms with Gasteiger partial charge in [0.2, 0.25) is 0 Å². The van der Waals surface area contributed by atoms with E-state index in [0.29, 0.717) is 26.2 Å². The van der Waals surface area contributed by atoms with Crippen LogP contribution in [0.15, 0.2) is 0 Å². The first-order valence-corrected chi connectivity index (χ1v) is 6.68. The van der Waals surface area contributed by atoms with Crippen LogP contribution in [0.3, 0.4) is 0 Å². The van der Waals surface area contributed by atoms with Gasteiger partial charge in [0.05, 0.1) is 0 Å². The van der Waals surface area contributed by atoms with E-state index in [0.717, 1.165) is 13.0 Å². The summed E-state index contributed by atoms with van der Waals surface area (Å²) in [6, 6.07) is 0. The minimum Gasteiger partial charge on any atom is -0.333 e. The maximum atomic E-state index is 11.8. The summed E-state index contributed by atoms with van der Waals surface area (Å²) in [7, 11) is 0. The smallest absolute Gasteiger partial charge is 0.312 e. The monoisotopic (exact) mass is 255 g/mol. The number of rotatable bonds is 5. The third-order valence-electron chi connectivity index (χ3n) is 3.04. The van der Waals surface area contributed by atoms with Crippen molar-refractivity contribution in [3.63, 3.8) is 0 Å². The first-order valence-electron chi connectivity index (χ1n) is 6.68. The topological polar surface area (TPSA) is 52.6 Å².